The Morgan fingerprint density at radius 3 is 3.13 bits per heavy atom. The minimum absolute atomic E-state index is 0.165. The van der Waals surface area contributed by atoms with Crippen LogP contribution in [-0.2, 0) is 11.2 Å². The van der Waals surface area contributed by atoms with Gasteiger partial charge in [0.05, 0.1) is 12.7 Å². The average molecular weight is 333 g/mol. The first-order valence-electron chi connectivity index (χ1n) is 8.93. The maximum absolute atomic E-state index is 6.17. The lowest BCUT2D eigenvalue weighted by Crippen LogP contribution is -2.48. The van der Waals surface area contributed by atoms with Gasteiger partial charge in [-0.05, 0) is 67.5 Å². The molecule has 2 fully saturated rings. The number of hydrogen-bond acceptors (Lipinski definition) is 4. The Bertz CT molecular complexity index is 556. The first-order chi connectivity index (χ1) is 11.3. The van der Waals surface area contributed by atoms with Crippen LogP contribution in [0.1, 0.15) is 49.3 Å². The molecule has 2 heterocycles. The van der Waals surface area contributed by atoms with E-state index in [2.05, 4.69) is 35.3 Å². The van der Waals surface area contributed by atoms with E-state index in [0.717, 1.165) is 18.8 Å². The number of fused-ring (bicyclic) bond motifs is 1. The van der Waals surface area contributed by atoms with Crippen molar-refractivity contribution in [3.05, 3.63) is 29.3 Å². The molecule has 1 aromatic rings. The summed E-state index contributed by atoms with van der Waals surface area (Å²) in [5.74, 6) is 3.43. The molecule has 3 atom stereocenters. The van der Waals surface area contributed by atoms with Crippen molar-refractivity contribution in [2.45, 2.75) is 56.2 Å². The fraction of sp³-hybridized carbons (Fsp3) is 0.684. The molecule has 1 N–H and O–H groups in total. The number of thioether (sulfide) groups is 1. The van der Waals surface area contributed by atoms with E-state index in [0.29, 0.717) is 12.1 Å². The van der Waals surface area contributed by atoms with Gasteiger partial charge < -0.3 is 14.8 Å². The zero-order valence-corrected chi connectivity index (χ0v) is 14.8. The van der Waals surface area contributed by atoms with Crippen molar-refractivity contribution < 1.29 is 9.47 Å². The molecule has 2 aliphatic heterocycles. The van der Waals surface area contributed by atoms with Crippen LogP contribution in [0, 0.1) is 0 Å². The van der Waals surface area contributed by atoms with E-state index < -0.39 is 0 Å². The number of methoxy groups -OCH3 is 1. The number of nitrogens with one attached hydrogen (secondary N) is 1. The van der Waals surface area contributed by atoms with Gasteiger partial charge in [-0.25, -0.2) is 0 Å². The van der Waals surface area contributed by atoms with Gasteiger partial charge in [-0.1, -0.05) is 6.07 Å². The number of rotatable bonds is 3. The third-order valence-electron chi connectivity index (χ3n) is 5.66. The van der Waals surface area contributed by atoms with Crippen LogP contribution in [0.25, 0.3) is 0 Å². The second-order valence-electron chi connectivity index (χ2n) is 7.20. The minimum Gasteiger partial charge on any atom is -0.497 e. The second-order valence-corrected chi connectivity index (χ2v) is 8.31. The topological polar surface area (TPSA) is 30.5 Å². The molecule has 1 aliphatic carbocycles. The quantitative estimate of drug-likeness (QED) is 0.913. The van der Waals surface area contributed by atoms with Crippen molar-refractivity contribution in [3.63, 3.8) is 0 Å². The molecule has 3 nitrogen and oxygen atoms in total. The van der Waals surface area contributed by atoms with Gasteiger partial charge in [-0.15, -0.1) is 0 Å². The van der Waals surface area contributed by atoms with Gasteiger partial charge in [-0.2, -0.15) is 11.8 Å². The Morgan fingerprint density at radius 1 is 1.35 bits per heavy atom. The highest BCUT2D eigenvalue weighted by molar-refractivity contribution is 7.99. The molecule has 3 aliphatic rings. The van der Waals surface area contributed by atoms with Crippen LogP contribution < -0.4 is 10.1 Å². The van der Waals surface area contributed by atoms with Crippen LogP contribution in [0.5, 0.6) is 5.75 Å². The third-order valence-corrected chi connectivity index (χ3v) is 6.88. The average Bonchev–Trinajstić information content (AvgIpc) is 3.02. The molecule has 0 radical (unpaired) electrons. The summed E-state index contributed by atoms with van der Waals surface area (Å²) in [6.07, 6.45) is 7.25. The summed E-state index contributed by atoms with van der Waals surface area (Å²) in [7, 11) is 1.75. The number of ether oxygens (including phenoxy) is 2. The summed E-state index contributed by atoms with van der Waals surface area (Å²) in [4.78, 5) is 0. The van der Waals surface area contributed by atoms with Crippen molar-refractivity contribution in [1.82, 2.24) is 5.32 Å². The minimum atomic E-state index is 0.165. The van der Waals surface area contributed by atoms with Gasteiger partial charge in [0.15, 0.2) is 0 Å². The first kappa shape index (κ1) is 15.8. The van der Waals surface area contributed by atoms with E-state index in [9.17, 15) is 0 Å². The van der Waals surface area contributed by atoms with Crippen LogP contribution in [-0.4, -0.2) is 36.9 Å². The predicted octanol–water partition coefficient (Wildman–Crippen LogP) is 3.72. The zero-order valence-electron chi connectivity index (χ0n) is 14.0. The van der Waals surface area contributed by atoms with Crippen LogP contribution in [0.15, 0.2) is 18.2 Å². The Hall–Kier alpha value is -0.710. The Kier molecular flexibility index (Phi) is 4.57. The molecule has 2 saturated heterocycles. The number of hydrogen-bond donors (Lipinski definition) is 1. The molecule has 0 saturated carbocycles. The monoisotopic (exact) mass is 333 g/mol. The van der Waals surface area contributed by atoms with E-state index in [4.69, 9.17) is 9.47 Å². The molecule has 1 spiro atoms. The lowest BCUT2D eigenvalue weighted by molar-refractivity contribution is -0.0716. The van der Waals surface area contributed by atoms with E-state index in [-0.39, 0.29) is 5.60 Å². The van der Waals surface area contributed by atoms with Crippen molar-refractivity contribution in [3.8, 4) is 5.75 Å². The molecule has 0 amide bonds. The molecule has 1 aromatic carbocycles. The van der Waals surface area contributed by atoms with Crippen LogP contribution in [0.3, 0.4) is 0 Å². The summed E-state index contributed by atoms with van der Waals surface area (Å²) in [6, 6.07) is 7.70. The highest BCUT2D eigenvalue weighted by Crippen LogP contribution is 2.40. The van der Waals surface area contributed by atoms with Crippen molar-refractivity contribution in [2.75, 3.05) is 25.2 Å². The molecule has 23 heavy (non-hydrogen) atoms. The smallest absolute Gasteiger partial charge is 0.119 e. The van der Waals surface area contributed by atoms with Gasteiger partial charge in [0.2, 0.25) is 0 Å². The standard InChI is InChI=1S/C19H27NO2S/c1-21-16-5-6-17-14(11-16)3-2-4-18(17)20-15-7-9-22-19(12-15)8-10-23-13-19/h5-6,11,15,18,20H,2-4,7-10,12-13H2,1H3/t15-,18+,19-/m1/s1. The summed E-state index contributed by atoms with van der Waals surface area (Å²) in [5, 5.41) is 3.97. The Labute approximate surface area is 143 Å². The zero-order chi connectivity index (χ0) is 15.7. The maximum Gasteiger partial charge on any atom is 0.119 e. The molecular weight excluding hydrogens is 306 g/mol. The fourth-order valence-electron chi connectivity index (χ4n) is 4.41. The molecule has 4 heteroatoms. The Morgan fingerprint density at radius 2 is 2.30 bits per heavy atom. The van der Waals surface area contributed by atoms with E-state index in [1.54, 1.807) is 7.11 Å². The maximum atomic E-state index is 6.17. The van der Waals surface area contributed by atoms with Crippen LogP contribution >= 0.6 is 11.8 Å². The molecule has 0 bridgehead atoms. The highest BCUT2D eigenvalue weighted by Gasteiger charge is 2.41. The van der Waals surface area contributed by atoms with Crippen LogP contribution in [0.4, 0.5) is 0 Å². The lowest BCUT2D eigenvalue weighted by Gasteiger charge is -2.40. The number of aryl methyl sites for hydroxylation is 1. The fourth-order valence-corrected chi connectivity index (χ4v) is 5.79. The van der Waals surface area contributed by atoms with E-state index >= 15 is 0 Å². The molecule has 0 unspecified atom stereocenters. The third kappa shape index (κ3) is 3.26. The molecular formula is C19H27NO2S. The SMILES string of the molecule is COc1ccc2c(c1)CCC[C@@H]2N[C@@H]1CCO[C@]2(CCSC2)C1. The Balaban J connectivity index is 1.47. The number of benzene rings is 1. The molecule has 4 rings (SSSR count). The summed E-state index contributed by atoms with van der Waals surface area (Å²) in [6.45, 7) is 0.917. The van der Waals surface area contributed by atoms with E-state index in [1.165, 1.54) is 54.7 Å². The summed E-state index contributed by atoms with van der Waals surface area (Å²) < 4.78 is 11.6. The largest absolute Gasteiger partial charge is 0.497 e. The molecule has 126 valence electrons. The van der Waals surface area contributed by atoms with Gasteiger partial charge in [0, 0.05) is 24.4 Å². The molecule has 0 aromatic heterocycles. The predicted molar refractivity (Wildman–Crippen MR) is 95.5 cm³/mol. The van der Waals surface area contributed by atoms with Crippen molar-refractivity contribution in [2.24, 2.45) is 0 Å². The second kappa shape index (κ2) is 6.66. The van der Waals surface area contributed by atoms with Gasteiger partial charge in [0.1, 0.15) is 5.75 Å². The summed E-state index contributed by atoms with van der Waals surface area (Å²) in [5.41, 5.74) is 3.11. The van der Waals surface area contributed by atoms with Gasteiger partial charge in [-0.3, -0.25) is 0 Å². The van der Waals surface area contributed by atoms with Gasteiger partial charge in [0.25, 0.3) is 0 Å². The van der Waals surface area contributed by atoms with E-state index in [1.807, 2.05) is 0 Å². The van der Waals surface area contributed by atoms with Gasteiger partial charge >= 0.3 is 0 Å². The summed E-state index contributed by atoms with van der Waals surface area (Å²) >= 11 is 2.05. The van der Waals surface area contributed by atoms with Crippen LogP contribution in [0.2, 0.25) is 0 Å². The highest BCUT2D eigenvalue weighted by atomic mass is 32.2. The van der Waals surface area contributed by atoms with Crippen molar-refractivity contribution >= 4 is 11.8 Å². The first-order valence-corrected chi connectivity index (χ1v) is 10.1. The normalized spacial score (nSPS) is 33.6. The lowest BCUT2D eigenvalue weighted by atomic mass is 9.85. The van der Waals surface area contributed by atoms with Crippen molar-refractivity contribution in [1.29, 1.82) is 0 Å².